The molecule has 0 radical (unpaired) electrons. The van der Waals surface area contributed by atoms with Gasteiger partial charge in [0.1, 0.15) is 0 Å². The Hall–Kier alpha value is -1.35. The van der Waals surface area contributed by atoms with E-state index in [1.807, 2.05) is 6.07 Å². The number of hydrogen-bond donors (Lipinski definition) is 2. The van der Waals surface area contributed by atoms with Gasteiger partial charge in [0.2, 0.25) is 0 Å². The van der Waals surface area contributed by atoms with Crippen LogP contribution in [0.3, 0.4) is 0 Å². The van der Waals surface area contributed by atoms with Crippen LogP contribution in [0.15, 0.2) is 18.2 Å². The number of fused-ring (bicyclic) bond motifs is 1. The molecule has 0 spiro atoms. The van der Waals surface area contributed by atoms with Crippen LogP contribution in [0.4, 0.5) is 0 Å². The second-order valence-electron chi connectivity index (χ2n) is 7.32. The molecule has 0 saturated heterocycles. The summed E-state index contributed by atoms with van der Waals surface area (Å²) >= 11 is 0. The second-order valence-corrected chi connectivity index (χ2v) is 7.32. The van der Waals surface area contributed by atoms with E-state index in [0.717, 1.165) is 37.9 Å². The van der Waals surface area contributed by atoms with E-state index in [0.29, 0.717) is 11.5 Å². The monoisotopic (exact) mass is 286 g/mol. The van der Waals surface area contributed by atoms with Gasteiger partial charge in [-0.1, -0.05) is 19.9 Å². The van der Waals surface area contributed by atoms with Crippen LogP contribution < -0.4 is 10.6 Å². The van der Waals surface area contributed by atoms with E-state index >= 15 is 0 Å². The van der Waals surface area contributed by atoms with Gasteiger partial charge in [0, 0.05) is 18.2 Å². The summed E-state index contributed by atoms with van der Waals surface area (Å²) < 4.78 is 0. The van der Waals surface area contributed by atoms with E-state index in [1.54, 1.807) is 0 Å². The number of carbonyl (C=O) groups is 1. The highest BCUT2D eigenvalue weighted by Gasteiger charge is 2.27. The number of rotatable bonds is 2. The topological polar surface area (TPSA) is 41.1 Å². The van der Waals surface area contributed by atoms with Gasteiger partial charge in [0.15, 0.2) is 0 Å². The maximum Gasteiger partial charge on any atom is 0.251 e. The normalized spacial score (nSPS) is 21.6. The minimum absolute atomic E-state index is 0.0908. The van der Waals surface area contributed by atoms with Gasteiger partial charge in [-0.15, -0.1) is 0 Å². The first-order valence-electron chi connectivity index (χ1n) is 8.17. The van der Waals surface area contributed by atoms with Crippen LogP contribution in [-0.2, 0) is 13.0 Å². The molecule has 1 aromatic carbocycles. The molecule has 2 aliphatic rings. The molecule has 21 heavy (non-hydrogen) atoms. The van der Waals surface area contributed by atoms with Crippen LogP contribution in [-0.4, -0.2) is 18.5 Å². The SMILES string of the molecule is CC1(C)CCC(NC(=O)c2ccc3c(c2)CNCC3)CC1. The average molecular weight is 286 g/mol. The first-order valence-corrected chi connectivity index (χ1v) is 8.17. The smallest absolute Gasteiger partial charge is 0.251 e. The molecule has 1 aliphatic heterocycles. The highest BCUT2D eigenvalue weighted by Crippen LogP contribution is 2.35. The molecule has 0 aromatic heterocycles. The number of nitrogens with one attached hydrogen (secondary N) is 2. The minimum atomic E-state index is 0.0908. The van der Waals surface area contributed by atoms with Gasteiger partial charge >= 0.3 is 0 Å². The predicted octanol–water partition coefficient (Wildman–Crippen LogP) is 3.03. The Bertz CT molecular complexity index is 526. The van der Waals surface area contributed by atoms with Gasteiger partial charge in [-0.25, -0.2) is 0 Å². The van der Waals surface area contributed by atoms with Gasteiger partial charge in [-0.05, 0) is 67.3 Å². The molecular weight excluding hydrogens is 260 g/mol. The largest absolute Gasteiger partial charge is 0.349 e. The molecule has 0 unspecified atom stereocenters. The molecule has 1 fully saturated rings. The Morgan fingerprint density at radius 1 is 1.24 bits per heavy atom. The van der Waals surface area contributed by atoms with Crippen molar-refractivity contribution in [1.82, 2.24) is 10.6 Å². The van der Waals surface area contributed by atoms with Gasteiger partial charge in [-0.3, -0.25) is 4.79 Å². The number of hydrogen-bond acceptors (Lipinski definition) is 2. The maximum atomic E-state index is 12.4. The van der Waals surface area contributed by atoms with Gasteiger partial charge in [-0.2, -0.15) is 0 Å². The summed E-state index contributed by atoms with van der Waals surface area (Å²) in [5, 5.41) is 6.59. The summed E-state index contributed by atoms with van der Waals surface area (Å²) in [5.74, 6) is 0.0908. The fourth-order valence-electron chi connectivity index (χ4n) is 3.43. The first kappa shape index (κ1) is 14.6. The Kier molecular flexibility index (Phi) is 4.03. The van der Waals surface area contributed by atoms with Gasteiger partial charge in [0.25, 0.3) is 5.91 Å². The fraction of sp³-hybridized carbons (Fsp3) is 0.611. The summed E-state index contributed by atoms with van der Waals surface area (Å²) in [6, 6.07) is 6.50. The molecule has 3 rings (SSSR count). The molecule has 2 N–H and O–H groups in total. The van der Waals surface area contributed by atoms with Crippen molar-refractivity contribution >= 4 is 5.91 Å². The Morgan fingerprint density at radius 3 is 2.76 bits per heavy atom. The van der Waals surface area contributed by atoms with Gasteiger partial charge in [0.05, 0.1) is 0 Å². The molecule has 1 aromatic rings. The predicted molar refractivity (Wildman–Crippen MR) is 85.4 cm³/mol. The molecule has 3 nitrogen and oxygen atoms in total. The summed E-state index contributed by atoms with van der Waals surface area (Å²) in [5.41, 5.74) is 3.91. The number of amides is 1. The van der Waals surface area contributed by atoms with Crippen molar-refractivity contribution in [3.8, 4) is 0 Å². The summed E-state index contributed by atoms with van der Waals surface area (Å²) in [4.78, 5) is 12.4. The molecule has 1 amide bonds. The van der Waals surface area contributed by atoms with E-state index in [1.165, 1.54) is 24.0 Å². The van der Waals surface area contributed by atoms with Gasteiger partial charge < -0.3 is 10.6 Å². The van der Waals surface area contributed by atoms with E-state index in [4.69, 9.17) is 0 Å². The lowest BCUT2D eigenvalue weighted by molar-refractivity contribution is 0.0909. The molecule has 1 saturated carbocycles. The molecule has 3 heteroatoms. The molecule has 114 valence electrons. The quantitative estimate of drug-likeness (QED) is 0.877. The average Bonchev–Trinajstić information content (AvgIpc) is 2.49. The maximum absolute atomic E-state index is 12.4. The zero-order valence-corrected chi connectivity index (χ0v) is 13.2. The van der Waals surface area contributed by atoms with Crippen molar-refractivity contribution in [2.24, 2.45) is 5.41 Å². The lowest BCUT2D eigenvalue weighted by Gasteiger charge is -2.34. The van der Waals surface area contributed by atoms with Crippen molar-refractivity contribution in [1.29, 1.82) is 0 Å². The van der Waals surface area contributed by atoms with Crippen LogP contribution in [0, 0.1) is 5.41 Å². The lowest BCUT2D eigenvalue weighted by atomic mass is 9.75. The lowest BCUT2D eigenvalue weighted by Crippen LogP contribution is -2.39. The molecule has 1 heterocycles. The zero-order valence-electron chi connectivity index (χ0n) is 13.2. The number of carbonyl (C=O) groups excluding carboxylic acids is 1. The van der Waals surface area contributed by atoms with E-state index in [9.17, 15) is 4.79 Å². The second kappa shape index (κ2) is 5.80. The van der Waals surface area contributed by atoms with Crippen LogP contribution in [0.25, 0.3) is 0 Å². The fourth-order valence-corrected chi connectivity index (χ4v) is 3.43. The summed E-state index contributed by atoms with van der Waals surface area (Å²) in [6.45, 7) is 6.56. The van der Waals surface area contributed by atoms with Crippen LogP contribution in [0.2, 0.25) is 0 Å². The number of benzene rings is 1. The molecule has 0 bridgehead atoms. The Morgan fingerprint density at radius 2 is 2.00 bits per heavy atom. The standard InChI is InChI=1S/C18H26N2O/c1-18(2)8-5-16(6-9-18)20-17(21)14-4-3-13-7-10-19-12-15(13)11-14/h3-4,11,16,19H,5-10,12H2,1-2H3,(H,20,21). The van der Waals surface area contributed by atoms with Crippen molar-refractivity contribution in [2.75, 3.05) is 6.54 Å². The molecule has 1 aliphatic carbocycles. The Balaban J connectivity index is 1.63. The van der Waals surface area contributed by atoms with Crippen molar-refractivity contribution < 1.29 is 4.79 Å². The van der Waals surface area contributed by atoms with Crippen molar-refractivity contribution in [3.05, 3.63) is 34.9 Å². The summed E-state index contributed by atoms with van der Waals surface area (Å²) in [7, 11) is 0. The Labute approximate surface area is 127 Å². The first-order chi connectivity index (χ1) is 10.0. The molecule has 0 atom stereocenters. The highest BCUT2D eigenvalue weighted by atomic mass is 16.1. The van der Waals surface area contributed by atoms with Crippen LogP contribution >= 0.6 is 0 Å². The molecular formula is C18H26N2O. The van der Waals surface area contributed by atoms with E-state index < -0.39 is 0 Å². The third-order valence-corrected chi connectivity index (χ3v) is 5.03. The highest BCUT2D eigenvalue weighted by molar-refractivity contribution is 5.94. The van der Waals surface area contributed by atoms with Crippen molar-refractivity contribution in [3.63, 3.8) is 0 Å². The van der Waals surface area contributed by atoms with E-state index in [-0.39, 0.29) is 5.91 Å². The summed E-state index contributed by atoms with van der Waals surface area (Å²) in [6.07, 6.45) is 5.67. The zero-order chi connectivity index (χ0) is 14.9. The van der Waals surface area contributed by atoms with Crippen molar-refractivity contribution in [2.45, 2.75) is 58.5 Å². The third-order valence-electron chi connectivity index (χ3n) is 5.03. The minimum Gasteiger partial charge on any atom is -0.349 e. The van der Waals surface area contributed by atoms with Crippen LogP contribution in [0.1, 0.15) is 61.0 Å². The third kappa shape index (κ3) is 3.46. The van der Waals surface area contributed by atoms with E-state index in [2.05, 4.69) is 36.6 Å². The van der Waals surface area contributed by atoms with Crippen LogP contribution in [0.5, 0.6) is 0 Å².